The van der Waals surface area contributed by atoms with Crippen molar-refractivity contribution >= 4 is 11.9 Å². The van der Waals surface area contributed by atoms with Crippen LogP contribution in [0.15, 0.2) is 0 Å². The van der Waals surface area contributed by atoms with E-state index < -0.39 is 18.0 Å². The van der Waals surface area contributed by atoms with Gasteiger partial charge in [-0.1, -0.05) is 12.8 Å². The Kier molecular flexibility index (Phi) is 6.65. The Morgan fingerprint density at radius 2 is 1.86 bits per heavy atom. The van der Waals surface area contributed by atoms with Gasteiger partial charge in [-0.3, -0.25) is 9.59 Å². The van der Waals surface area contributed by atoms with Gasteiger partial charge in [0.2, 0.25) is 0 Å². The van der Waals surface area contributed by atoms with Gasteiger partial charge in [0.25, 0.3) is 0 Å². The predicted octanol–water partition coefficient (Wildman–Crippen LogP) is 0.949. The van der Waals surface area contributed by atoms with E-state index in [9.17, 15) is 14.1 Å². The average Bonchev–Trinajstić information content (AvgIpc) is 2.10. The zero-order valence-corrected chi connectivity index (χ0v) is 7.70. The second kappa shape index (κ2) is 7.25. The van der Waals surface area contributed by atoms with Gasteiger partial charge in [-0.15, -0.1) is 10.0 Å². The lowest BCUT2D eigenvalue weighted by Gasteiger charge is -2.07. The highest BCUT2D eigenvalue weighted by molar-refractivity contribution is 5.73. The minimum absolute atomic E-state index is 0.0702. The smallest absolute Gasteiger partial charge is 0.323 e. The molecule has 0 aliphatic rings. The van der Waals surface area contributed by atoms with Crippen molar-refractivity contribution in [1.29, 1.82) is 0 Å². The number of hydrogen-bond donors (Lipinski definition) is 3. The molecule has 0 amide bonds. The first-order chi connectivity index (χ1) is 6.57. The summed E-state index contributed by atoms with van der Waals surface area (Å²) < 4.78 is 11.8. The highest BCUT2D eigenvalue weighted by atomic mass is 19.2. The van der Waals surface area contributed by atoms with Crippen molar-refractivity contribution in [2.24, 2.45) is 0 Å². The summed E-state index contributed by atoms with van der Waals surface area (Å²) in [6.07, 6.45) is 1.83. The second-order valence-corrected chi connectivity index (χ2v) is 2.99. The number of carboxylic acid groups (broad SMARTS) is 2. The molecule has 3 N–H and O–H groups in total. The molecule has 0 aliphatic carbocycles. The molecule has 14 heavy (non-hydrogen) atoms. The number of unbranched alkanes of at least 4 members (excludes halogenated alkanes) is 2. The first-order valence-corrected chi connectivity index (χ1v) is 4.38. The van der Waals surface area contributed by atoms with E-state index >= 15 is 0 Å². The maximum absolute atomic E-state index is 11.8. The first-order valence-electron chi connectivity index (χ1n) is 4.38. The summed E-state index contributed by atoms with van der Waals surface area (Å²) >= 11 is 0. The monoisotopic (exact) mass is 207 g/mol. The average molecular weight is 207 g/mol. The molecule has 0 rings (SSSR count). The molecule has 0 heterocycles. The zero-order chi connectivity index (χ0) is 11.0. The Morgan fingerprint density at radius 1 is 1.21 bits per heavy atom. The summed E-state index contributed by atoms with van der Waals surface area (Å²) in [4.78, 5) is 20.4. The van der Waals surface area contributed by atoms with E-state index in [-0.39, 0.29) is 12.8 Å². The SMILES string of the molecule is O=C(O)CCCCCC(NF)C(=O)O. The lowest BCUT2D eigenvalue weighted by atomic mass is 10.1. The van der Waals surface area contributed by atoms with Gasteiger partial charge in [0.05, 0.1) is 0 Å². The third-order valence-corrected chi connectivity index (χ3v) is 1.81. The highest BCUT2D eigenvalue weighted by Gasteiger charge is 2.15. The minimum Gasteiger partial charge on any atom is -0.481 e. The van der Waals surface area contributed by atoms with Crippen molar-refractivity contribution in [2.45, 2.75) is 38.1 Å². The Hall–Kier alpha value is -1.17. The van der Waals surface area contributed by atoms with Crippen LogP contribution >= 0.6 is 0 Å². The molecule has 6 heteroatoms. The number of nitrogens with one attached hydrogen (secondary N) is 1. The van der Waals surface area contributed by atoms with E-state index in [0.717, 1.165) is 0 Å². The summed E-state index contributed by atoms with van der Waals surface area (Å²) in [5.74, 6) is -2.10. The first kappa shape index (κ1) is 12.8. The molecule has 0 saturated heterocycles. The quantitative estimate of drug-likeness (QED) is 0.407. The van der Waals surface area contributed by atoms with Crippen LogP contribution in [-0.2, 0) is 9.59 Å². The summed E-state index contributed by atoms with van der Waals surface area (Å²) in [6, 6.07) is -1.18. The van der Waals surface area contributed by atoms with Crippen LogP contribution < -0.4 is 5.54 Å². The molecule has 5 nitrogen and oxygen atoms in total. The highest BCUT2D eigenvalue weighted by Crippen LogP contribution is 2.06. The third kappa shape index (κ3) is 6.36. The fourth-order valence-corrected chi connectivity index (χ4v) is 1.03. The van der Waals surface area contributed by atoms with Crippen molar-refractivity contribution in [3.8, 4) is 0 Å². The maximum Gasteiger partial charge on any atom is 0.323 e. The molecule has 0 saturated carbocycles. The van der Waals surface area contributed by atoms with Crippen molar-refractivity contribution in [3.05, 3.63) is 0 Å². The number of carbonyl (C=O) groups is 2. The fourth-order valence-electron chi connectivity index (χ4n) is 1.03. The Labute approximate surface area is 80.9 Å². The van der Waals surface area contributed by atoms with Crippen LogP contribution in [0.25, 0.3) is 0 Å². The normalized spacial score (nSPS) is 12.4. The molecular weight excluding hydrogens is 193 g/mol. The lowest BCUT2D eigenvalue weighted by molar-refractivity contribution is -0.141. The van der Waals surface area contributed by atoms with E-state index in [4.69, 9.17) is 10.2 Å². The van der Waals surface area contributed by atoms with E-state index in [1.54, 1.807) is 0 Å². The molecule has 0 fully saturated rings. The number of hydrogen-bond acceptors (Lipinski definition) is 3. The largest absolute Gasteiger partial charge is 0.481 e. The number of carboxylic acids is 2. The van der Waals surface area contributed by atoms with Crippen LogP contribution in [0, 0.1) is 0 Å². The Morgan fingerprint density at radius 3 is 2.29 bits per heavy atom. The number of aliphatic carboxylic acids is 2. The van der Waals surface area contributed by atoms with Crippen molar-refractivity contribution < 1.29 is 24.3 Å². The zero-order valence-electron chi connectivity index (χ0n) is 7.70. The van der Waals surface area contributed by atoms with E-state index in [1.165, 1.54) is 5.54 Å². The van der Waals surface area contributed by atoms with E-state index in [1.807, 2.05) is 0 Å². The molecule has 0 bridgehead atoms. The summed E-state index contributed by atoms with van der Waals surface area (Å²) in [7, 11) is 0. The third-order valence-electron chi connectivity index (χ3n) is 1.81. The summed E-state index contributed by atoms with van der Waals surface area (Å²) in [5, 5.41) is 16.7. The van der Waals surface area contributed by atoms with Crippen molar-refractivity contribution in [2.75, 3.05) is 0 Å². The van der Waals surface area contributed by atoms with Gasteiger partial charge in [-0.25, -0.2) is 0 Å². The van der Waals surface area contributed by atoms with Gasteiger partial charge in [0.15, 0.2) is 0 Å². The molecule has 0 aromatic carbocycles. The molecule has 1 unspecified atom stereocenters. The lowest BCUT2D eigenvalue weighted by Crippen LogP contribution is -2.30. The molecule has 0 aliphatic heterocycles. The van der Waals surface area contributed by atoms with Gasteiger partial charge in [-0.05, 0) is 12.8 Å². The van der Waals surface area contributed by atoms with Crippen LogP contribution in [0.2, 0.25) is 0 Å². The van der Waals surface area contributed by atoms with Crippen LogP contribution in [0.4, 0.5) is 4.48 Å². The molecule has 0 radical (unpaired) electrons. The molecule has 0 spiro atoms. The molecule has 82 valence electrons. The van der Waals surface area contributed by atoms with Crippen LogP contribution in [-0.4, -0.2) is 28.2 Å². The van der Waals surface area contributed by atoms with Crippen molar-refractivity contribution in [3.63, 3.8) is 0 Å². The van der Waals surface area contributed by atoms with E-state index in [2.05, 4.69) is 0 Å². The topological polar surface area (TPSA) is 86.6 Å². The number of rotatable bonds is 8. The Bertz CT molecular complexity index is 198. The Balaban J connectivity index is 3.42. The molecule has 1 atom stereocenters. The standard InChI is InChI=1S/C8H14FNO4/c9-10-6(8(13)14)4-2-1-3-5-7(11)12/h6,10H,1-5H2,(H,11,12)(H,13,14). The predicted molar refractivity (Wildman–Crippen MR) is 46.4 cm³/mol. The number of halogens is 1. The van der Waals surface area contributed by atoms with Crippen LogP contribution in [0.1, 0.15) is 32.1 Å². The van der Waals surface area contributed by atoms with Gasteiger partial charge in [0, 0.05) is 6.42 Å². The van der Waals surface area contributed by atoms with Gasteiger partial charge >= 0.3 is 11.9 Å². The van der Waals surface area contributed by atoms with Gasteiger partial charge < -0.3 is 10.2 Å². The van der Waals surface area contributed by atoms with Crippen LogP contribution in [0.5, 0.6) is 0 Å². The summed E-state index contributed by atoms with van der Waals surface area (Å²) in [6.45, 7) is 0. The summed E-state index contributed by atoms with van der Waals surface area (Å²) in [5.41, 5.74) is 1.19. The van der Waals surface area contributed by atoms with Crippen LogP contribution in [0.3, 0.4) is 0 Å². The van der Waals surface area contributed by atoms with Gasteiger partial charge in [0.1, 0.15) is 6.04 Å². The molecule has 0 aromatic heterocycles. The maximum atomic E-state index is 11.8. The van der Waals surface area contributed by atoms with Crippen molar-refractivity contribution in [1.82, 2.24) is 5.54 Å². The molecule has 0 aromatic rings. The minimum atomic E-state index is -1.23. The van der Waals surface area contributed by atoms with E-state index in [0.29, 0.717) is 19.3 Å². The van der Waals surface area contributed by atoms with Gasteiger partial charge in [-0.2, -0.15) is 0 Å². The fraction of sp³-hybridized carbons (Fsp3) is 0.750. The molecular formula is C8H14FNO4. The second-order valence-electron chi connectivity index (χ2n) is 2.99.